The van der Waals surface area contributed by atoms with Gasteiger partial charge >= 0.3 is 0 Å². The molecule has 0 bridgehead atoms. The first-order valence-electron chi connectivity index (χ1n) is 10.7. The quantitative estimate of drug-likeness (QED) is 0.305. The molecule has 1 aliphatic heterocycles. The highest BCUT2D eigenvalue weighted by Gasteiger charge is 2.18. The molecule has 0 atom stereocenters. The van der Waals surface area contributed by atoms with Crippen molar-refractivity contribution in [2.75, 3.05) is 38.2 Å². The van der Waals surface area contributed by atoms with Gasteiger partial charge in [-0.2, -0.15) is 0 Å². The Morgan fingerprint density at radius 2 is 1.94 bits per heavy atom. The van der Waals surface area contributed by atoms with E-state index in [-0.39, 0.29) is 24.0 Å². The number of hydrogen-bond donors (Lipinski definition) is 2. The van der Waals surface area contributed by atoms with Gasteiger partial charge in [0.05, 0.1) is 18.1 Å². The number of piperidine rings is 1. The molecule has 2 heterocycles. The number of aliphatic hydroxyl groups is 1. The summed E-state index contributed by atoms with van der Waals surface area (Å²) in [6.45, 7) is 6.61. The Hall–Kier alpha value is -1.45. The van der Waals surface area contributed by atoms with Gasteiger partial charge in [0.15, 0.2) is 5.96 Å². The van der Waals surface area contributed by atoms with Gasteiger partial charge in [-0.3, -0.25) is 0 Å². The molecule has 0 amide bonds. The average molecular weight is 560 g/mol. The van der Waals surface area contributed by atoms with Crippen molar-refractivity contribution in [2.24, 2.45) is 18.0 Å². The fourth-order valence-electron chi connectivity index (χ4n) is 3.86. The number of nitrogens with one attached hydrogen (secondary N) is 1. The number of aromatic nitrogens is 1. The van der Waals surface area contributed by atoms with E-state index in [1.54, 1.807) is 0 Å². The van der Waals surface area contributed by atoms with Crippen LogP contribution < -0.4 is 10.2 Å². The zero-order valence-electron chi connectivity index (χ0n) is 18.7. The maximum Gasteiger partial charge on any atom is 0.194 e. The number of rotatable bonds is 7. The molecule has 6 nitrogen and oxygen atoms in total. The van der Waals surface area contributed by atoms with Crippen LogP contribution in [0, 0.1) is 5.92 Å². The third kappa shape index (κ3) is 7.29. The van der Waals surface area contributed by atoms with Crippen LogP contribution in [0.25, 0.3) is 0 Å². The lowest BCUT2D eigenvalue weighted by Gasteiger charge is -2.32. The van der Waals surface area contributed by atoms with Crippen LogP contribution in [-0.2, 0) is 20.1 Å². The predicted molar refractivity (Wildman–Crippen MR) is 141 cm³/mol. The van der Waals surface area contributed by atoms with E-state index in [1.807, 2.05) is 30.9 Å². The monoisotopic (exact) mass is 559 g/mol. The molecule has 3 rings (SSSR count). The molecule has 31 heavy (non-hydrogen) atoms. The highest BCUT2D eigenvalue weighted by Crippen LogP contribution is 2.23. The Morgan fingerprint density at radius 3 is 2.48 bits per heavy atom. The Labute approximate surface area is 208 Å². The van der Waals surface area contributed by atoms with Gasteiger partial charge in [-0.1, -0.05) is 23.7 Å². The summed E-state index contributed by atoms with van der Waals surface area (Å²) in [7, 11) is 4.05. The topological polar surface area (TPSA) is 56.0 Å². The molecule has 1 saturated heterocycles. The van der Waals surface area contributed by atoms with E-state index in [1.165, 1.54) is 11.3 Å². The molecule has 1 fully saturated rings. The summed E-state index contributed by atoms with van der Waals surface area (Å²) >= 11 is 6.11. The summed E-state index contributed by atoms with van der Waals surface area (Å²) in [5.41, 5.74) is 3.58. The fourth-order valence-corrected chi connectivity index (χ4v) is 4.14. The Morgan fingerprint density at radius 1 is 1.26 bits per heavy atom. The number of hydrogen-bond acceptors (Lipinski definition) is 3. The lowest BCUT2D eigenvalue weighted by molar-refractivity contribution is 0.203. The molecule has 1 aromatic carbocycles. The minimum absolute atomic E-state index is 0. The van der Waals surface area contributed by atoms with Crippen LogP contribution in [0.1, 0.15) is 31.0 Å². The van der Waals surface area contributed by atoms with Gasteiger partial charge in [0.25, 0.3) is 0 Å². The van der Waals surface area contributed by atoms with E-state index < -0.39 is 0 Å². The van der Waals surface area contributed by atoms with Crippen LogP contribution in [-0.4, -0.2) is 53.8 Å². The summed E-state index contributed by atoms with van der Waals surface area (Å²) in [4.78, 5) is 9.35. The van der Waals surface area contributed by atoms with E-state index in [2.05, 4.69) is 46.3 Å². The van der Waals surface area contributed by atoms with E-state index in [0.717, 1.165) is 55.7 Å². The molecule has 2 aromatic rings. The second-order valence-corrected chi connectivity index (χ2v) is 8.50. The zero-order valence-corrected chi connectivity index (χ0v) is 21.8. The zero-order chi connectivity index (χ0) is 21.5. The smallest absolute Gasteiger partial charge is 0.194 e. The SMILES string of the molecule is CCNC(=NCc1ccc(N2CCC(CO)CC2)cc1)N(C)Cc1cc(Cl)cn1C.I. The van der Waals surface area contributed by atoms with E-state index >= 15 is 0 Å². The van der Waals surface area contributed by atoms with Gasteiger partial charge in [-0.15, -0.1) is 24.0 Å². The van der Waals surface area contributed by atoms with Gasteiger partial charge < -0.3 is 24.8 Å². The van der Waals surface area contributed by atoms with Crippen LogP contribution >= 0.6 is 35.6 Å². The van der Waals surface area contributed by atoms with Gasteiger partial charge in [0, 0.05) is 57.9 Å². The molecule has 0 aliphatic carbocycles. The normalized spacial score (nSPS) is 15.0. The first kappa shape index (κ1) is 25.8. The molecule has 0 spiro atoms. The molecule has 172 valence electrons. The van der Waals surface area contributed by atoms with Gasteiger partial charge in [0.2, 0.25) is 0 Å². The lowest BCUT2D eigenvalue weighted by atomic mass is 9.97. The van der Waals surface area contributed by atoms with Crippen molar-refractivity contribution >= 4 is 47.2 Å². The summed E-state index contributed by atoms with van der Waals surface area (Å²) < 4.78 is 2.05. The second-order valence-electron chi connectivity index (χ2n) is 8.07. The van der Waals surface area contributed by atoms with Crippen LogP contribution in [0.15, 0.2) is 41.5 Å². The molecular weight excluding hydrogens is 525 g/mol. The predicted octanol–water partition coefficient (Wildman–Crippen LogP) is 4.10. The molecule has 0 radical (unpaired) electrons. The van der Waals surface area contributed by atoms with Gasteiger partial charge in [0.1, 0.15) is 0 Å². The average Bonchev–Trinajstić information content (AvgIpc) is 3.08. The maximum absolute atomic E-state index is 9.32. The minimum atomic E-state index is 0. The molecule has 0 unspecified atom stereocenters. The van der Waals surface area contributed by atoms with E-state index in [9.17, 15) is 5.11 Å². The second kappa shape index (κ2) is 12.6. The van der Waals surface area contributed by atoms with Gasteiger partial charge in [-0.25, -0.2) is 4.99 Å². The van der Waals surface area contributed by atoms with Crippen molar-refractivity contribution in [1.29, 1.82) is 0 Å². The Bertz CT molecular complexity index is 831. The lowest BCUT2D eigenvalue weighted by Crippen LogP contribution is -2.38. The highest BCUT2D eigenvalue weighted by atomic mass is 127. The minimum Gasteiger partial charge on any atom is -0.396 e. The molecule has 1 aromatic heterocycles. The standard InChI is InChI=1S/C23H34ClN5O.HI/c1-4-25-23(28(3)16-22-13-20(24)15-27(22)2)26-14-18-5-7-21(8-6-18)29-11-9-19(17-30)10-12-29;/h5-8,13,15,19,30H,4,9-12,14,16-17H2,1-3H3,(H,25,26);1H. The number of benzene rings is 1. The van der Waals surface area contributed by atoms with E-state index in [4.69, 9.17) is 16.6 Å². The van der Waals surface area contributed by atoms with Crippen molar-refractivity contribution in [3.05, 3.63) is 52.8 Å². The van der Waals surface area contributed by atoms with Crippen molar-refractivity contribution in [2.45, 2.75) is 32.9 Å². The third-order valence-electron chi connectivity index (χ3n) is 5.76. The van der Waals surface area contributed by atoms with E-state index in [0.29, 0.717) is 19.1 Å². The number of halogens is 2. The Balaban J connectivity index is 0.00000341. The maximum atomic E-state index is 9.32. The number of aliphatic imine (C=N–C) groups is 1. The summed E-state index contributed by atoms with van der Waals surface area (Å²) in [6.07, 6.45) is 4.04. The van der Waals surface area contributed by atoms with Crippen molar-refractivity contribution < 1.29 is 5.11 Å². The first-order valence-corrected chi connectivity index (χ1v) is 11.1. The molecule has 1 aliphatic rings. The van der Waals surface area contributed by atoms with Gasteiger partial charge in [-0.05, 0) is 49.4 Å². The first-order chi connectivity index (χ1) is 14.5. The van der Waals surface area contributed by atoms with Crippen LogP contribution in [0.3, 0.4) is 0 Å². The number of nitrogens with zero attached hydrogens (tertiary/aromatic N) is 4. The number of aliphatic hydroxyl groups excluding tert-OH is 1. The fraction of sp³-hybridized carbons (Fsp3) is 0.522. The van der Waals surface area contributed by atoms with Crippen LogP contribution in [0.5, 0.6) is 0 Å². The van der Waals surface area contributed by atoms with Crippen molar-refractivity contribution in [3.63, 3.8) is 0 Å². The largest absolute Gasteiger partial charge is 0.396 e. The Kier molecular flexibility index (Phi) is 10.4. The number of guanidine groups is 1. The molecule has 2 N–H and O–H groups in total. The summed E-state index contributed by atoms with van der Waals surface area (Å²) in [5, 5.41) is 13.4. The van der Waals surface area contributed by atoms with Crippen LogP contribution in [0.4, 0.5) is 5.69 Å². The summed E-state index contributed by atoms with van der Waals surface area (Å²) in [5.74, 6) is 1.34. The number of aryl methyl sites for hydroxylation is 1. The van der Waals surface area contributed by atoms with Crippen molar-refractivity contribution in [3.8, 4) is 0 Å². The number of anilines is 1. The third-order valence-corrected chi connectivity index (χ3v) is 5.96. The molecule has 0 saturated carbocycles. The molecular formula is C23H35ClIN5O. The van der Waals surface area contributed by atoms with Crippen molar-refractivity contribution in [1.82, 2.24) is 14.8 Å². The summed E-state index contributed by atoms with van der Waals surface area (Å²) in [6, 6.07) is 10.7. The highest BCUT2D eigenvalue weighted by molar-refractivity contribution is 14.0. The molecule has 8 heteroatoms. The van der Waals surface area contributed by atoms with Crippen LogP contribution in [0.2, 0.25) is 5.02 Å².